The number of carbonyl (C=O) groups excluding carboxylic acids is 5. The first-order chi connectivity index (χ1) is 29.0. The van der Waals surface area contributed by atoms with Crippen molar-refractivity contribution in [2.45, 2.75) is 143 Å². The highest BCUT2D eigenvalue weighted by Gasteiger charge is 2.44. The van der Waals surface area contributed by atoms with Gasteiger partial charge < -0.3 is 41.2 Å². The number of amides is 5. The zero-order valence-electron chi connectivity index (χ0n) is 36.9. The number of nitrogens with two attached hydrogens (primary N) is 1. The van der Waals surface area contributed by atoms with Crippen molar-refractivity contribution < 1.29 is 47.3 Å². The Morgan fingerprint density at radius 3 is 2.29 bits per heavy atom. The van der Waals surface area contributed by atoms with E-state index in [-0.39, 0.29) is 68.5 Å². The van der Waals surface area contributed by atoms with Crippen molar-refractivity contribution in [3.05, 3.63) is 70.4 Å². The van der Waals surface area contributed by atoms with E-state index in [1.165, 1.54) is 4.90 Å². The number of benzene rings is 2. The number of likely N-dealkylation sites (tertiary alicyclic amines) is 1. The highest BCUT2D eigenvalue weighted by molar-refractivity contribution is 7.13. The number of β-amino-alcohol motifs (C(OH)–C–C–N with tert-alkyl or cyclic N) is 1. The fourth-order valence-electron chi connectivity index (χ4n) is 7.11. The Morgan fingerprint density at radius 1 is 0.984 bits per heavy atom. The van der Waals surface area contributed by atoms with Crippen molar-refractivity contribution in [3.8, 4) is 16.2 Å². The van der Waals surface area contributed by atoms with Crippen molar-refractivity contribution in [2.75, 3.05) is 13.2 Å². The summed E-state index contributed by atoms with van der Waals surface area (Å²) >= 11 is 1.55. The SMILES string of the molecule is Cc1ncsc1-c1ccc(C(C)NC(=O)[C@@H]2C[C@@H](O)CN2C(=O)C(NC(=O)CCCCCc2cc(F)cc(OCC(CCC(N)=O)NC(=O)OC(C)(C)C)c2F)C(C)(C)C)cc1. The molecule has 340 valence electrons. The van der Waals surface area contributed by atoms with Crippen LogP contribution in [0.15, 0.2) is 41.9 Å². The van der Waals surface area contributed by atoms with Crippen molar-refractivity contribution in [1.82, 2.24) is 25.8 Å². The van der Waals surface area contributed by atoms with Crippen LogP contribution in [0.2, 0.25) is 0 Å². The summed E-state index contributed by atoms with van der Waals surface area (Å²) in [6, 6.07) is 6.71. The second-order valence-electron chi connectivity index (χ2n) is 18.0. The molecule has 0 bridgehead atoms. The smallest absolute Gasteiger partial charge is 0.407 e. The van der Waals surface area contributed by atoms with Crippen LogP contribution < -0.4 is 26.4 Å². The van der Waals surface area contributed by atoms with E-state index in [4.69, 9.17) is 15.2 Å². The van der Waals surface area contributed by atoms with Crippen LogP contribution in [-0.2, 0) is 30.3 Å². The molecule has 3 unspecified atom stereocenters. The molecule has 2 heterocycles. The average molecular weight is 885 g/mol. The van der Waals surface area contributed by atoms with E-state index in [1.54, 1.807) is 58.4 Å². The number of ether oxygens (including phenoxy) is 2. The van der Waals surface area contributed by atoms with Crippen LogP contribution in [0.4, 0.5) is 13.6 Å². The number of aliphatic hydroxyl groups excluding tert-OH is 1. The second-order valence-corrected chi connectivity index (χ2v) is 18.8. The molecule has 0 spiro atoms. The number of nitrogens with zero attached hydrogens (tertiary/aromatic N) is 2. The van der Waals surface area contributed by atoms with Gasteiger partial charge in [-0.05, 0) is 88.5 Å². The van der Waals surface area contributed by atoms with Crippen LogP contribution in [-0.4, -0.2) is 87.7 Å². The van der Waals surface area contributed by atoms with Gasteiger partial charge in [-0.3, -0.25) is 19.2 Å². The fourth-order valence-corrected chi connectivity index (χ4v) is 7.92. The van der Waals surface area contributed by atoms with E-state index in [2.05, 4.69) is 20.9 Å². The number of rotatable bonds is 19. The molecule has 1 fully saturated rings. The standard InChI is InChI=1S/C45H62F2N6O8S/c1-26(28-14-16-29(17-15-28)39-27(2)49-25-62-39)50-41(57)34-22-33(54)23-53(34)42(58)40(44(3,4)5)52-37(56)13-11-9-10-12-30-20-31(46)21-35(38(30)47)60-24-32(18-19-36(48)55)51-43(59)61-45(6,7)8/h14-17,20-21,25-26,32-34,40,54H,9-13,18-19,22-24H2,1-8H3,(H2,48,55)(H,50,57)(H,51,59)(H,52,56)/t26?,32?,33-,34+,40?/m1/s1. The number of halogens is 2. The molecule has 5 atom stereocenters. The monoisotopic (exact) mass is 884 g/mol. The molecule has 14 nitrogen and oxygen atoms in total. The Balaban J connectivity index is 1.29. The van der Waals surface area contributed by atoms with E-state index >= 15 is 4.39 Å². The Morgan fingerprint density at radius 2 is 1.68 bits per heavy atom. The summed E-state index contributed by atoms with van der Waals surface area (Å²) in [6.45, 7) is 13.9. The van der Waals surface area contributed by atoms with Crippen LogP contribution in [0.3, 0.4) is 0 Å². The van der Waals surface area contributed by atoms with Gasteiger partial charge in [0.05, 0.1) is 34.3 Å². The van der Waals surface area contributed by atoms with Gasteiger partial charge in [0.1, 0.15) is 30.1 Å². The average Bonchev–Trinajstić information content (AvgIpc) is 3.79. The largest absolute Gasteiger partial charge is 0.488 e. The Kier molecular flexibility index (Phi) is 17.4. The Bertz CT molecular complexity index is 2030. The normalized spacial score (nSPS) is 16.9. The number of hydrogen-bond acceptors (Lipinski definition) is 10. The van der Waals surface area contributed by atoms with E-state index in [1.807, 2.05) is 38.1 Å². The summed E-state index contributed by atoms with van der Waals surface area (Å²) in [5.41, 5.74) is 8.44. The molecule has 62 heavy (non-hydrogen) atoms. The van der Waals surface area contributed by atoms with Crippen LogP contribution in [0.25, 0.3) is 10.4 Å². The molecule has 4 rings (SSSR count). The van der Waals surface area contributed by atoms with Gasteiger partial charge in [-0.25, -0.2) is 18.6 Å². The maximum atomic E-state index is 15.5. The number of aryl methyl sites for hydroxylation is 2. The first kappa shape index (κ1) is 49.5. The first-order valence-corrected chi connectivity index (χ1v) is 21.9. The molecular weight excluding hydrogens is 823 g/mol. The predicted octanol–water partition coefficient (Wildman–Crippen LogP) is 6.41. The zero-order valence-corrected chi connectivity index (χ0v) is 37.8. The van der Waals surface area contributed by atoms with E-state index in [9.17, 15) is 33.5 Å². The molecule has 1 aliphatic heterocycles. The van der Waals surface area contributed by atoms with Crippen molar-refractivity contribution >= 4 is 41.1 Å². The number of aromatic nitrogens is 1. The van der Waals surface area contributed by atoms with E-state index in [0.717, 1.165) is 33.8 Å². The van der Waals surface area contributed by atoms with Crippen molar-refractivity contribution in [1.29, 1.82) is 0 Å². The summed E-state index contributed by atoms with van der Waals surface area (Å²) in [7, 11) is 0. The number of hydrogen-bond donors (Lipinski definition) is 5. The maximum Gasteiger partial charge on any atom is 0.407 e. The predicted molar refractivity (Wildman–Crippen MR) is 232 cm³/mol. The van der Waals surface area contributed by atoms with Gasteiger partial charge in [0.15, 0.2) is 11.6 Å². The van der Waals surface area contributed by atoms with Crippen LogP contribution >= 0.6 is 11.3 Å². The lowest BCUT2D eigenvalue weighted by molar-refractivity contribution is -0.144. The third-order valence-corrected chi connectivity index (χ3v) is 11.4. The fraction of sp³-hybridized carbons (Fsp3) is 0.556. The minimum atomic E-state index is -0.995. The lowest BCUT2D eigenvalue weighted by Crippen LogP contribution is -2.57. The van der Waals surface area contributed by atoms with Gasteiger partial charge in [-0.15, -0.1) is 11.3 Å². The number of aliphatic hydroxyl groups is 1. The molecule has 17 heteroatoms. The van der Waals surface area contributed by atoms with E-state index < -0.39 is 70.7 Å². The summed E-state index contributed by atoms with van der Waals surface area (Å²) < 4.78 is 41.0. The van der Waals surface area contributed by atoms with Gasteiger partial charge in [0.25, 0.3) is 0 Å². The maximum absolute atomic E-state index is 15.5. The third-order valence-electron chi connectivity index (χ3n) is 10.4. The highest BCUT2D eigenvalue weighted by atomic mass is 32.1. The Hall–Kier alpha value is -5.16. The molecule has 2 aromatic carbocycles. The zero-order chi connectivity index (χ0) is 45.9. The number of nitrogens with one attached hydrogen (secondary N) is 3. The summed E-state index contributed by atoms with van der Waals surface area (Å²) in [4.78, 5) is 71.4. The molecule has 0 saturated carbocycles. The van der Waals surface area contributed by atoms with Gasteiger partial charge >= 0.3 is 6.09 Å². The van der Waals surface area contributed by atoms with Gasteiger partial charge in [0, 0.05) is 31.9 Å². The number of carbonyl (C=O) groups is 5. The number of alkyl carbamates (subject to hydrolysis) is 1. The molecular formula is C45H62F2N6O8S. The molecule has 5 amide bonds. The number of primary amides is 1. The van der Waals surface area contributed by atoms with Crippen molar-refractivity contribution in [2.24, 2.45) is 11.1 Å². The molecule has 0 radical (unpaired) electrons. The van der Waals surface area contributed by atoms with Crippen LogP contribution in [0.1, 0.15) is 116 Å². The van der Waals surface area contributed by atoms with Gasteiger partial charge in [-0.2, -0.15) is 0 Å². The lowest BCUT2D eigenvalue weighted by atomic mass is 9.85. The molecule has 1 saturated heterocycles. The van der Waals surface area contributed by atoms with Crippen molar-refractivity contribution in [3.63, 3.8) is 0 Å². The van der Waals surface area contributed by atoms with Gasteiger partial charge in [-0.1, -0.05) is 51.5 Å². The summed E-state index contributed by atoms with van der Waals surface area (Å²) in [5.74, 6) is -3.73. The van der Waals surface area contributed by atoms with Gasteiger partial charge in [0.2, 0.25) is 23.6 Å². The molecule has 0 aliphatic carbocycles. The summed E-state index contributed by atoms with van der Waals surface area (Å²) in [6.07, 6.45) is -0.142. The molecule has 3 aromatic rings. The molecule has 1 aromatic heterocycles. The lowest BCUT2D eigenvalue weighted by Gasteiger charge is -2.35. The topological polar surface area (TPSA) is 202 Å². The molecule has 6 N–H and O–H groups in total. The van der Waals surface area contributed by atoms with Crippen LogP contribution in [0.5, 0.6) is 5.75 Å². The quantitative estimate of drug-likeness (QED) is 0.0844. The number of thiazole rings is 1. The first-order valence-electron chi connectivity index (χ1n) is 21.0. The summed E-state index contributed by atoms with van der Waals surface area (Å²) in [5, 5.41) is 19.1. The second kappa shape index (κ2) is 21.8. The highest BCUT2D eigenvalue weighted by Crippen LogP contribution is 2.30. The minimum absolute atomic E-state index is 0.0566. The third kappa shape index (κ3) is 14.7. The van der Waals surface area contributed by atoms with Crippen LogP contribution in [0, 0.1) is 24.0 Å². The minimum Gasteiger partial charge on any atom is -0.488 e. The Labute approximate surface area is 366 Å². The van der Waals surface area contributed by atoms with E-state index in [0.29, 0.717) is 19.3 Å². The molecule has 1 aliphatic rings. The number of unbranched alkanes of at least 4 members (excludes halogenated alkanes) is 2.